The molecule has 188 valence electrons. The molecule has 6 heteroatoms. The highest BCUT2D eigenvalue weighted by atomic mass is 16.5. The number of hydrogen-bond acceptors (Lipinski definition) is 5. The fraction of sp³-hybridized carbons (Fsp3) is 0.517. The van der Waals surface area contributed by atoms with Crippen molar-refractivity contribution in [3.63, 3.8) is 0 Å². The Morgan fingerprint density at radius 3 is 2.57 bits per heavy atom. The van der Waals surface area contributed by atoms with Crippen molar-refractivity contribution in [3.8, 4) is 5.75 Å². The molecule has 3 unspecified atom stereocenters. The van der Waals surface area contributed by atoms with Crippen LogP contribution in [0.5, 0.6) is 5.75 Å². The number of benzene rings is 2. The summed E-state index contributed by atoms with van der Waals surface area (Å²) >= 11 is 0. The van der Waals surface area contributed by atoms with Gasteiger partial charge in [-0.15, -0.1) is 0 Å². The van der Waals surface area contributed by atoms with E-state index < -0.39 is 11.0 Å². The highest BCUT2D eigenvalue weighted by molar-refractivity contribution is 5.94. The van der Waals surface area contributed by atoms with Crippen LogP contribution in [0.2, 0.25) is 0 Å². The van der Waals surface area contributed by atoms with E-state index in [9.17, 15) is 14.7 Å². The van der Waals surface area contributed by atoms with Crippen molar-refractivity contribution >= 4 is 11.9 Å². The van der Waals surface area contributed by atoms with Gasteiger partial charge in [0.15, 0.2) is 0 Å². The number of ether oxygens (including phenoxy) is 1. The molecule has 2 fully saturated rings. The van der Waals surface area contributed by atoms with Gasteiger partial charge in [-0.05, 0) is 75.0 Å². The lowest BCUT2D eigenvalue weighted by atomic mass is 9.55. The van der Waals surface area contributed by atoms with Crippen molar-refractivity contribution in [1.29, 1.82) is 0 Å². The van der Waals surface area contributed by atoms with Gasteiger partial charge in [-0.3, -0.25) is 9.59 Å². The van der Waals surface area contributed by atoms with E-state index in [0.717, 1.165) is 24.9 Å². The maximum absolute atomic E-state index is 13.7. The molecule has 2 aliphatic rings. The number of esters is 1. The number of likely N-dealkylation sites (tertiary alicyclic amines) is 1. The predicted molar refractivity (Wildman–Crippen MR) is 136 cm³/mol. The Hall–Kier alpha value is -2.70. The standard InChI is InChI=1S/C29H38N2O4/c1-21(2)19-31(27(33)23-9-6-5-7-10-23)25-13-14-29(34)20-30(4)16-15-28(29,18-25)24-11-8-12-26(17-24)35-22(3)32/h5-12,17,21,25,34H,13-16,18-20H2,1-4H3. The van der Waals surface area contributed by atoms with Crippen molar-refractivity contribution in [2.75, 3.05) is 26.7 Å². The van der Waals surface area contributed by atoms with Gasteiger partial charge in [0.2, 0.25) is 0 Å². The molecule has 1 aliphatic heterocycles. The lowest BCUT2D eigenvalue weighted by Gasteiger charge is -2.59. The zero-order chi connectivity index (χ0) is 25.2. The van der Waals surface area contributed by atoms with E-state index in [-0.39, 0.29) is 17.9 Å². The van der Waals surface area contributed by atoms with Crippen LogP contribution in [0.15, 0.2) is 54.6 Å². The Morgan fingerprint density at radius 2 is 1.89 bits per heavy atom. The van der Waals surface area contributed by atoms with Crippen LogP contribution in [-0.4, -0.2) is 65.1 Å². The van der Waals surface area contributed by atoms with Crippen LogP contribution in [0.4, 0.5) is 0 Å². The number of β-amino-alcohol motifs (C(OH)–C–C–N with tert-alkyl or cyclic N) is 1. The first kappa shape index (κ1) is 25.4. The summed E-state index contributed by atoms with van der Waals surface area (Å²) in [6.45, 7) is 7.77. The summed E-state index contributed by atoms with van der Waals surface area (Å²) in [5, 5.41) is 12.1. The summed E-state index contributed by atoms with van der Waals surface area (Å²) in [6, 6.07) is 17.1. The van der Waals surface area contributed by atoms with Gasteiger partial charge in [0.05, 0.1) is 5.60 Å². The average Bonchev–Trinajstić information content (AvgIpc) is 2.82. The van der Waals surface area contributed by atoms with Crippen LogP contribution in [-0.2, 0) is 10.2 Å². The normalized spacial score (nSPS) is 26.7. The number of piperidine rings is 1. The number of likely N-dealkylation sites (N-methyl/N-ethyl adjacent to an activating group) is 1. The second-order valence-corrected chi connectivity index (χ2v) is 10.8. The third kappa shape index (κ3) is 5.14. The van der Waals surface area contributed by atoms with Crippen molar-refractivity contribution in [1.82, 2.24) is 9.80 Å². The molecule has 1 N–H and O–H groups in total. The molecule has 0 spiro atoms. The molecule has 35 heavy (non-hydrogen) atoms. The van der Waals surface area contributed by atoms with Gasteiger partial charge >= 0.3 is 5.97 Å². The number of nitrogens with zero attached hydrogens (tertiary/aromatic N) is 2. The third-order valence-corrected chi connectivity index (χ3v) is 7.75. The number of aliphatic hydroxyl groups is 1. The number of carbonyl (C=O) groups is 2. The van der Waals surface area contributed by atoms with Crippen LogP contribution in [0.3, 0.4) is 0 Å². The molecule has 4 rings (SSSR count). The predicted octanol–water partition coefficient (Wildman–Crippen LogP) is 4.27. The Morgan fingerprint density at radius 1 is 1.14 bits per heavy atom. The molecule has 1 saturated heterocycles. The first-order chi connectivity index (χ1) is 16.6. The van der Waals surface area contributed by atoms with E-state index in [1.807, 2.05) is 60.5 Å². The maximum atomic E-state index is 13.7. The molecule has 3 atom stereocenters. The van der Waals surface area contributed by atoms with Crippen LogP contribution in [0, 0.1) is 5.92 Å². The van der Waals surface area contributed by atoms with Crippen molar-refractivity contribution in [3.05, 3.63) is 65.7 Å². The summed E-state index contributed by atoms with van der Waals surface area (Å²) in [4.78, 5) is 29.5. The smallest absolute Gasteiger partial charge is 0.308 e. The zero-order valence-corrected chi connectivity index (χ0v) is 21.4. The Labute approximate surface area is 208 Å². The minimum absolute atomic E-state index is 0.00571. The van der Waals surface area contributed by atoms with Crippen LogP contribution < -0.4 is 4.74 Å². The number of rotatable bonds is 6. The SMILES string of the molecule is CC(=O)Oc1cccc(C23CCN(C)CC2(O)CCC(N(CC(C)C)C(=O)c2ccccc2)C3)c1. The van der Waals surface area contributed by atoms with E-state index in [4.69, 9.17) is 4.74 Å². The minimum atomic E-state index is -0.926. The van der Waals surface area contributed by atoms with Gasteiger partial charge in [-0.2, -0.15) is 0 Å². The fourth-order valence-corrected chi connectivity index (χ4v) is 6.17. The summed E-state index contributed by atoms with van der Waals surface area (Å²) in [5.74, 6) is 0.499. The van der Waals surface area contributed by atoms with Gasteiger partial charge < -0.3 is 19.6 Å². The molecular formula is C29H38N2O4. The third-order valence-electron chi connectivity index (χ3n) is 7.75. The number of hydrogen-bond donors (Lipinski definition) is 1. The Bertz CT molecular complexity index is 1060. The quantitative estimate of drug-likeness (QED) is 0.496. The second kappa shape index (κ2) is 10.1. The first-order valence-corrected chi connectivity index (χ1v) is 12.7. The maximum Gasteiger partial charge on any atom is 0.308 e. The lowest BCUT2D eigenvalue weighted by Crippen LogP contribution is -2.67. The lowest BCUT2D eigenvalue weighted by molar-refractivity contribution is -0.132. The molecule has 1 amide bonds. The molecule has 0 aromatic heterocycles. The minimum Gasteiger partial charge on any atom is -0.427 e. The molecule has 0 bridgehead atoms. The molecule has 6 nitrogen and oxygen atoms in total. The second-order valence-electron chi connectivity index (χ2n) is 10.8. The fourth-order valence-electron chi connectivity index (χ4n) is 6.17. The number of amides is 1. The molecule has 1 heterocycles. The summed E-state index contributed by atoms with van der Waals surface area (Å²) in [6.07, 6.45) is 2.80. The van der Waals surface area contributed by atoms with Gasteiger partial charge in [-0.1, -0.05) is 44.2 Å². The van der Waals surface area contributed by atoms with E-state index in [1.165, 1.54) is 6.92 Å². The molecule has 1 saturated carbocycles. The van der Waals surface area contributed by atoms with E-state index >= 15 is 0 Å². The summed E-state index contributed by atoms with van der Waals surface area (Å²) < 4.78 is 5.40. The highest BCUT2D eigenvalue weighted by Crippen LogP contribution is 2.53. The first-order valence-electron chi connectivity index (χ1n) is 12.7. The zero-order valence-electron chi connectivity index (χ0n) is 21.4. The van der Waals surface area contributed by atoms with Gasteiger partial charge in [0.25, 0.3) is 5.91 Å². The van der Waals surface area contributed by atoms with E-state index in [1.54, 1.807) is 6.07 Å². The van der Waals surface area contributed by atoms with Gasteiger partial charge in [0, 0.05) is 37.0 Å². The average molecular weight is 479 g/mol. The molecule has 2 aromatic carbocycles. The molecule has 1 aliphatic carbocycles. The Kier molecular flexibility index (Phi) is 7.34. The van der Waals surface area contributed by atoms with Crippen LogP contribution in [0.25, 0.3) is 0 Å². The van der Waals surface area contributed by atoms with Gasteiger partial charge in [-0.25, -0.2) is 0 Å². The van der Waals surface area contributed by atoms with Crippen molar-refractivity contribution in [2.45, 2.75) is 63.5 Å². The Balaban J connectivity index is 1.74. The van der Waals surface area contributed by atoms with Crippen LogP contribution in [0.1, 0.15) is 62.4 Å². The highest BCUT2D eigenvalue weighted by Gasteiger charge is 2.58. The molecule has 0 radical (unpaired) electrons. The van der Waals surface area contributed by atoms with E-state index in [2.05, 4.69) is 18.7 Å². The van der Waals surface area contributed by atoms with Gasteiger partial charge in [0.1, 0.15) is 5.75 Å². The van der Waals surface area contributed by atoms with E-state index in [0.29, 0.717) is 43.2 Å². The molecule has 2 aromatic rings. The monoisotopic (exact) mass is 478 g/mol. The largest absolute Gasteiger partial charge is 0.427 e. The number of carbonyl (C=O) groups excluding carboxylic acids is 2. The summed E-state index contributed by atoms with van der Waals surface area (Å²) in [5.41, 5.74) is 0.214. The number of fused-ring (bicyclic) bond motifs is 1. The summed E-state index contributed by atoms with van der Waals surface area (Å²) in [7, 11) is 2.05. The molecular weight excluding hydrogens is 440 g/mol. The van der Waals surface area contributed by atoms with Crippen LogP contribution >= 0.6 is 0 Å². The van der Waals surface area contributed by atoms with Crippen molar-refractivity contribution < 1.29 is 19.4 Å². The topological polar surface area (TPSA) is 70.1 Å². The van der Waals surface area contributed by atoms with Crippen molar-refractivity contribution in [2.24, 2.45) is 5.92 Å².